The molecule has 4 fully saturated rings. The molecular weight excluding hydrogens is 422 g/mol. The quantitative estimate of drug-likeness (QED) is 0.432. The number of hydrogen-bond acceptors (Lipinski definition) is 4. The molecule has 2 heterocycles. The van der Waals surface area contributed by atoms with E-state index in [2.05, 4.69) is 63.0 Å². The average Bonchev–Trinajstić information content (AvgIpc) is 3.08. The maximum Gasteiger partial charge on any atom is 0.310 e. The van der Waals surface area contributed by atoms with Crippen LogP contribution in [0.4, 0.5) is 0 Å². The number of carbonyl (C=O) groups excluding carboxylic acids is 1. The number of fused-ring (bicyclic) bond motifs is 2. The predicted octanol–water partition coefficient (Wildman–Crippen LogP) is 5.71. The number of esters is 1. The van der Waals surface area contributed by atoms with E-state index in [4.69, 9.17) is 9.47 Å². The minimum Gasteiger partial charge on any atom is -0.462 e. The number of ether oxygens (including phenoxy) is 2. The average molecular weight is 466 g/mol. The summed E-state index contributed by atoms with van der Waals surface area (Å²) < 4.78 is 12.0. The van der Waals surface area contributed by atoms with Crippen LogP contribution in [0.5, 0.6) is 0 Å². The Labute approximate surface area is 205 Å². The van der Waals surface area contributed by atoms with E-state index in [-0.39, 0.29) is 29.0 Å². The van der Waals surface area contributed by atoms with Crippen LogP contribution in [0.1, 0.15) is 71.3 Å². The molecule has 0 bridgehead atoms. The van der Waals surface area contributed by atoms with Crippen molar-refractivity contribution in [1.82, 2.24) is 5.32 Å². The second kappa shape index (κ2) is 9.43. The number of hydrogen-bond donors (Lipinski definition) is 1. The highest BCUT2D eigenvalue weighted by Crippen LogP contribution is 2.56. The Hall–Kier alpha value is -1.65. The van der Waals surface area contributed by atoms with Gasteiger partial charge in [-0.2, -0.15) is 0 Å². The van der Waals surface area contributed by atoms with Crippen LogP contribution in [0, 0.1) is 29.1 Å². The summed E-state index contributed by atoms with van der Waals surface area (Å²) in [7, 11) is 0. The maximum atomic E-state index is 13.1. The van der Waals surface area contributed by atoms with Crippen LogP contribution < -0.4 is 5.32 Å². The van der Waals surface area contributed by atoms with Crippen LogP contribution in [0.25, 0.3) is 0 Å². The molecule has 4 heteroatoms. The van der Waals surface area contributed by atoms with Gasteiger partial charge < -0.3 is 14.8 Å². The molecular formula is C30H43NO3. The van der Waals surface area contributed by atoms with Gasteiger partial charge in [-0.25, -0.2) is 0 Å². The van der Waals surface area contributed by atoms with Crippen LogP contribution >= 0.6 is 0 Å². The lowest BCUT2D eigenvalue weighted by Crippen LogP contribution is -2.49. The second-order valence-corrected chi connectivity index (χ2v) is 12.5. The highest BCUT2D eigenvalue weighted by molar-refractivity contribution is 5.75. The van der Waals surface area contributed by atoms with Gasteiger partial charge in [0.15, 0.2) is 0 Å². The van der Waals surface area contributed by atoms with Gasteiger partial charge in [0, 0.05) is 25.1 Å². The molecule has 2 aliphatic carbocycles. The smallest absolute Gasteiger partial charge is 0.310 e. The lowest BCUT2D eigenvalue weighted by Gasteiger charge is -2.50. The molecule has 1 aromatic carbocycles. The normalized spacial score (nSPS) is 38.0. The van der Waals surface area contributed by atoms with Gasteiger partial charge in [0.2, 0.25) is 0 Å². The Morgan fingerprint density at radius 3 is 2.74 bits per heavy atom. The summed E-state index contributed by atoms with van der Waals surface area (Å²) in [5.41, 5.74) is 2.92. The van der Waals surface area contributed by atoms with Crippen molar-refractivity contribution in [3.8, 4) is 0 Å². The largest absolute Gasteiger partial charge is 0.462 e. The van der Waals surface area contributed by atoms with E-state index in [9.17, 15) is 4.79 Å². The third-order valence-corrected chi connectivity index (χ3v) is 9.52. The van der Waals surface area contributed by atoms with Crippen LogP contribution in [0.15, 0.2) is 42.5 Å². The first-order chi connectivity index (χ1) is 16.2. The van der Waals surface area contributed by atoms with Crippen molar-refractivity contribution in [3.05, 3.63) is 48.0 Å². The molecule has 186 valence electrons. The van der Waals surface area contributed by atoms with Crippen molar-refractivity contribution in [2.45, 2.75) is 89.9 Å². The van der Waals surface area contributed by atoms with Crippen molar-refractivity contribution in [3.63, 3.8) is 0 Å². The summed E-state index contributed by atoms with van der Waals surface area (Å²) in [6, 6.07) is 11.1. The first kappa shape index (κ1) is 24.1. The van der Waals surface area contributed by atoms with E-state index in [0.717, 1.165) is 45.1 Å². The summed E-state index contributed by atoms with van der Waals surface area (Å²) >= 11 is 0. The van der Waals surface area contributed by atoms with Gasteiger partial charge in [0.05, 0.1) is 11.5 Å². The molecule has 0 amide bonds. The van der Waals surface area contributed by atoms with E-state index < -0.39 is 0 Å². The lowest BCUT2D eigenvalue weighted by molar-refractivity contribution is -0.146. The first-order valence-electron chi connectivity index (χ1n) is 13.5. The zero-order valence-corrected chi connectivity index (χ0v) is 21.4. The van der Waals surface area contributed by atoms with Crippen molar-refractivity contribution >= 4 is 5.97 Å². The minimum atomic E-state index is -0.0912. The van der Waals surface area contributed by atoms with Crippen LogP contribution in [0.3, 0.4) is 0 Å². The van der Waals surface area contributed by atoms with E-state index in [0.29, 0.717) is 30.3 Å². The Kier molecular flexibility index (Phi) is 6.67. The van der Waals surface area contributed by atoms with E-state index in [1.54, 1.807) is 0 Å². The second-order valence-electron chi connectivity index (χ2n) is 12.5. The maximum absolute atomic E-state index is 13.1. The fourth-order valence-electron chi connectivity index (χ4n) is 7.66. The number of nitrogens with one attached hydrogen (secondary N) is 1. The minimum absolute atomic E-state index is 0.0149. The molecule has 2 saturated carbocycles. The summed E-state index contributed by atoms with van der Waals surface area (Å²) in [4.78, 5) is 13.1. The highest BCUT2D eigenvalue weighted by Gasteiger charge is 2.55. The zero-order chi connectivity index (χ0) is 23.9. The summed E-state index contributed by atoms with van der Waals surface area (Å²) in [6.45, 7) is 12.8. The SMILES string of the molecule is C=C1CCC[C@]2(C)C[C@H]3OC(=O)[C@H](CN[C@@H](Cc4ccccc4)[C@@H]4CCOC(C)(C)C4)[C@H]3C[C@H]12. The standard InChI is InChI=1S/C30H43NO3/c1-20-9-8-13-30(4)18-27-23(16-25(20)30)24(28(32)34-27)19-31-26(15-21-10-6-5-7-11-21)22-12-14-33-29(2,3)17-22/h5-7,10-11,22-27,31H,1,8-9,12-19H2,2-4H3/t22-,23-,24-,25-,26+,27-,30-/m1/s1. The topological polar surface area (TPSA) is 47.6 Å². The van der Waals surface area contributed by atoms with E-state index in [1.807, 2.05) is 0 Å². The molecule has 2 aliphatic heterocycles. The Bertz CT molecular complexity index is 896. The van der Waals surface area contributed by atoms with Crippen molar-refractivity contribution < 1.29 is 14.3 Å². The Morgan fingerprint density at radius 1 is 1.18 bits per heavy atom. The molecule has 7 atom stereocenters. The monoisotopic (exact) mass is 465 g/mol. The number of rotatable bonds is 6. The molecule has 0 aromatic heterocycles. The fraction of sp³-hybridized carbons (Fsp3) is 0.700. The van der Waals surface area contributed by atoms with E-state index in [1.165, 1.54) is 24.0 Å². The summed E-state index contributed by atoms with van der Waals surface area (Å²) in [5, 5.41) is 3.90. The molecule has 1 N–H and O–H groups in total. The summed E-state index contributed by atoms with van der Waals surface area (Å²) in [5.74, 6) is 1.36. The first-order valence-corrected chi connectivity index (χ1v) is 13.5. The van der Waals surface area contributed by atoms with Crippen LogP contribution in [-0.4, -0.2) is 36.9 Å². The molecule has 1 aromatic rings. The van der Waals surface area contributed by atoms with Crippen LogP contribution in [-0.2, 0) is 20.7 Å². The molecule has 2 saturated heterocycles. The molecule has 34 heavy (non-hydrogen) atoms. The Balaban J connectivity index is 1.30. The predicted molar refractivity (Wildman–Crippen MR) is 135 cm³/mol. The zero-order valence-electron chi connectivity index (χ0n) is 21.4. The third kappa shape index (κ3) is 4.86. The van der Waals surface area contributed by atoms with Gasteiger partial charge in [0.25, 0.3) is 0 Å². The molecule has 4 aliphatic rings. The molecule has 5 rings (SSSR count). The molecule has 0 spiro atoms. The van der Waals surface area contributed by atoms with Gasteiger partial charge >= 0.3 is 5.97 Å². The number of allylic oxidation sites excluding steroid dienone is 1. The van der Waals surface area contributed by atoms with E-state index >= 15 is 0 Å². The molecule has 0 unspecified atom stereocenters. The Morgan fingerprint density at radius 2 is 1.97 bits per heavy atom. The van der Waals surface area contributed by atoms with Gasteiger partial charge in [-0.3, -0.25) is 4.79 Å². The van der Waals surface area contributed by atoms with Gasteiger partial charge in [-0.15, -0.1) is 0 Å². The number of benzene rings is 1. The molecule has 0 radical (unpaired) electrons. The van der Waals surface area contributed by atoms with Gasteiger partial charge in [0.1, 0.15) is 6.10 Å². The van der Waals surface area contributed by atoms with Crippen LogP contribution in [0.2, 0.25) is 0 Å². The molecule has 4 nitrogen and oxygen atoms in total. The fourth-order valence-corrected chi connectivity index (χ4v) is 7.66. The lowest BCUT2D eigenvalue weighted by atomic mass is 9.55. The van der Waals surface area contributed by atoms with Gasteiger partial charge in [-0.05, 0) is 88.0 Å². The van der Waals surface area contributed by atoms with Crippen molar-refractivity contribution in [1.29, 1.82) is 0 Å². The van der Waals surface area contributed by atoms with Crippen molar-refractivity contribution in [2.24, 2.45) is 29.1 Å². The summed E-state index contributed by atoms with van der Waals surface area (Å²) in [6.07, 6.45) is 8.85. The highest BCUT2D eigenvalue weighted by atomic mass is 16.6. The van der Waals surface area contributed by atoms with Crippen molar-refractivity contribution in [2.75, 3.05) is 13.2 Å². The number of carbonyl (C=O) groups is 1. The third-order valence-electron chi connectivity index (χ3n) is 9.52. The van der Waals surface area contributed by atoms with Gasteiger partial charge in [-0.1, -0.05) is 49.4 Å².